The molecule has 224 valence electrons. The molecule has 0 spiro atoms. The Bertz CT molecular complexity index is 1370. The minimum atomic E-state index is -4.15. The fraction of sp³-hybridized carbons (Fsp3) is 0.552. The number of carbonyl (C=O) groups is 2. The summed E-state index contributed by atoms with van der Waals surface area (Å²) in [6.07, 6.45) is 3.27. The normalized spacial score (nSPS) is 18.6. The zero-order chi connectivity index (χ0) is 29.8. The summed E-state index contributed by atoms with van der Waals surface area (Å²) >= 11 is 0. The fourth-order valence-electron chi connectivity index (χ4n) is 5.19. The van der Waals surface area contributed by atoms with Gasteiger partial charge in [0.05, 0.1) is 16.9 Å². The van der Waals surface area contributed by atoms with Gasteiger partial charge in [-0.2, -0.15) is 4.72 Å². The molecule has 1 aliphatic heterocycles. The maximum atomic E-state index is 13.8. The third kappa shape index (κ3) is 8.64. The van der Waals surface area contributed by atoms with Gasteiger partial charge in [-0.3, -0.25) is 15.0 Å². The molecule has 2 aromatic rings. The lowest BCUT2D eigenvalue weighted by Crippen LogP contribution is -2.52. The lowest BCUT2D eigenvalue weighted by atomic mass is 9.98. The first-order valence-electron chi connectivity index (χ1n) is 14.2. The predicted molar refractivity (Wildman–Crippen MR) is 158 cm³/mol. The van der Waals surface area contributed by atoms with Crippen LogP contribution in [0.25, 0.3) is 10.8 Å². The number of guanidine groups is 1. The number of hydrogen-bond acceptors (Lipinski definition) is 6. The first-order chi connectivity index (χ1) is 19.3. The zero-order valence-electron chi connectivity index (χ0n) is 23.8. The van der Waals surface area contributed by atoms with E-state index < -0.39 is 33.5 Å². The molecule has 41 heavy (non-hydrogen) atoms. The van der Waals surface area contributed by atoms with Gasteiger partial charge in [0.2, 0.25) is 21.8 Å². The van der Waals surface area contributed by atoms with Crippen LogP contribution in [-0.2, 0) is 19.6 Å². The van der Waals surface area contributed by atoms with Gasteiger partial charge in [-0.15, -0.1) is 0 Å². The second-order valence-corrected chi connectivity index (χ2v) is 13.6. The summed E-state index contributed by atoms with van der Waals surface area (Å²) in [6.45, 7) is 5.17. The summed E-state index contributed by atoms with van der Waals surface area (Å²) in [6, 6.07) is 10.8. The van der Waals surface area contributed by atoms with Crippen molar-refractivity contribution in [1.82, 2.24) is 19.8 Å². The fourth-order valence-corrected chi connectivity index (χ4v) is 6.41. The molecule has 12 heteroatoms. The highest BCUT2D eigenvalue weighted by Gasteiger charge is 2.39. The Kier molecular flexibility index (Phi) is 9.55. The number of carbonyl (C=O) groups excluding carboxylic acids is 2. The Morgan fingerprint density at radius 1 is 1.17 bits per heavy atom. The highest BCUT2D eigenvalue weighted by molar-refractivity contribution is 7.89. The van der Waals surface area contributed by atoms with Crippen molar-refractivity contribution in [2.45, 2.75) is 75.0 Å². The number of benzene rings is 2. The van der Waals surface area contributed by atoms with Crippen molar-refractivity contribution in [3.8, 4) is 0 Å². The number of nitrogens with one attached hydrogen (secondary N) is 3. The summed E-state index contributed by atoms with van der Waals surface area (Å²) in [5.41, 5.74) is 4.63. The van der Waals surface area contributed by atoms with Crippen molar-refractivity contribution < 1.29 is 23.1 Å². The number of fused-ring (bicyclic) bond motifs is 1. The second-order valence-electron chi connectivity index (χ2n) is 11.9. The van der Waals surface area contributed by atoms with Crippen molar-refractivity contribution in [1.29, 1.82) is 5.41 Å². The molecule has 2 atom stereocenters. The summed E-state index contributed by atoms with van der Waals surface area (Å²) in [5.74, 6) is -0.824. The standard InChI is InChI=1S/C29H42N6O5S/c1-29(2,38)13-15-35(23-10-11-23)27(37)25(17-26(36)32-18-20-6-5-14-34(19-20)28(30)31)33-41(39,40)24-12-9-21-7-3-4-8-22(21)16-24/h3-4,7-9,12,16,20,23,25,33,38H,5-6,10-11,13-15,17-19H2,1-2H3,(H3,30,31)(H,32,36)/t20?,25-/m0/s1. The highest BCUT2D eigenvalue weighted by atomic mass is 32.2. The van der Waals surface area contributed by atoms with Crippen molar-refractivity contribution in [3.63, 3.8) is 0 Å². The summed E-state index contributed by atoms with van der Waals surface area (Å²) in [4.78, 5) is 30.3. The lowest BCUT2D eigenvalue weighted by molar-refractivity contribution is -0.136. The van der Waals surface area contributed by atoms with Crippen molar-refractivity contribution in [2.24, 2.45) is 11.7 Å². The number of aliphatic hydroxyl groups is 1. The molecule has 2 aromatic carbocycles. The first-order valence-corrected chi connectivity index (χ1v) is 15.7. The molecule has 6 N–H and O–H groups in total. The van der Waals surface area contributed by atoms with E-state index >= 15 is 0 Å². The van der Waals surface area contributed by atoms with Gasteiger partial charge >= 0.3 is 0 Å². The van der Waals surface area contributed by atoms with Gasteiger partial charge in [-0.05, 0) is 74.8 Å². The summed E-state index contributed by atoms with van der Waals surface area (Å²) < 4.78 is 29.6. The van der Waals surface area contributed by atoms with Gasteiger partial charge < -0.3 is 26.0 Å². The van der Waals surface area contributed by atoms with Crippen molar-refractivity contribution >= 4 is 38.6 Å². The number of likely N-dealkylation sites (tertiary alicyclic amines) is 1. The number of piperidine rings is 1. The molecule has 1 saturated carbocycles. The molecule has 0 bridgehead atoms. The molecular weight excluding hydrogens is 544 g/mol. The van der Waals surface area contributed by atoms with Crippen LogP contribution in [-0.4, -0.2) is 85.0 Å². The Hall–Kier alpha value is -3.22. The smallest absolute Gasteiger partial charge is 0.241 e. The largest absolute Gasteiger partial charge is 0.390 e. The Morgan fingerprint density at radius 3 is 2.54 bits per heavy atom. The maximum absolute atomic E-state index is 13.8. The van der Waals surface area contributed by atoms with E-state index in [1.807, 2.05) is 24.3 Å². The van der Waals surface area contributed by atoms with Gasteiger partial charge in [0.1, 0.15) is 6.04 Å². The predicted octanol–water partition coefficient (Wildman–Crippen LogP) is 1.75. The molecular formula is C29H42N6O5S. The van der Waals surface area contributed by atoms with E-state index in [0.29, 0.717) is 26.1 Å². The summed E-state index contributed by atoms with van der Waals surface area (Å²) in [5, 5.41) is 22.4. The lowest BCUT2D eigenvalue weighted by Gasteiger charge is -2.33. The Balaban J connectivity index is 1.51. The summed E-state index contributed by atoms with van der Waals surface area (Å²) in [7, 11) is -4.15. The van der Waals surface area contributed by atoms with Gasteiger partial charge in [0, 0.05) is 32.2 Å². The third-order valence-corrected chi connectivity index (χ3v) is 9.17. The molecule has 11 nitrogen and oxygen atoms in total. The van der Waals surface area contributed by atoms with Crippen molar-refractivity contribution in [3.05, 3.63) is 42.5 Å². The SMILES string of the molecule is CC(C)(O)CCN(C(=O)[C@H](CC(=O)NCC1CCCN(C(=N)N)C1)NS(=O)(=O)c1ccc2ccccc2c1)C1CC1. The molecule has 1 saturated heterocycles. The highest BCUT2D eigenvalue weighted by Crippen LogP contribution is 2.29. The Labute approximate surface area is 242 Å². The molecule has 4 rings (SSSR count). The maximum Gasteiger partial charge on any atom is 0.241 e. The van der Waals surface area contributed by atoms with Crippen LogP contribution in [0, 0.1) is 11.3 Å². The van der Waals surface area contributed by atoms with E-state index in [0.717, 1.165) is 36.5 Å². The number of hydrogen-bond donors (Lipinski definition) is 5. The molecule has 2 amide bonds. The van der Waals surface area contributed by atoms with Gasteiger partial charge in [-0.25, -0.2) is 8.42 Å². The van der Waals surface area contributed by atoms with Gasteiger partial charge in [-0.1, -0.05) is 30.3 Å². The van der Waals surface area contributed by atoms with E-state index in [2.05, 4.69) is 10.0 Å². The number of rotatable bonds is 12. The van der Waals surface area contributed by atoms with Crippen LogP contribution in [0.15, 0.2) is 47.4 Å². The zero-order valence-corrected chi connectivity index (χ0v) is 24.6. The molecule has 0 radical (unpaired) electrons. The quantitative estimate of drug-likeness (QED) is 0.186. The number of nitrogens with zero attached hydrogens (tertiary/aromatic N) is 2. The van der Waals surface area contributed by atoms with Gasteiger partial charge in [0.15, 0.2) is 5.96 Å². The van der Waals surface area contributed by atoms with Crippen LogP contribution in [0.5, 0.6) is 0 Å². The Morgan fingerprint density at radius 2 is 1.88 bits per heavy atom. The van der Waals surface area contributed by atoms with Crippen LogP contribution in [0.3, 0.4) is 0 Å². The molecule has 2 aliphatic rings. The topological polar surface area (TPSA) is 169 Å². The van der Waals surface area contributed by atoms with E-state index in [1.165, 1.54) is 6.07 Å². The average molecular weight is 587 g/mol. The molecule has 2 fully saturated rings. The van der Waals surface area contributed by atoms with Crippen LogP contribution in [0.2, 0.25) is 0 Å². The van der Waals surface area contributed by atoms with Crippen LogP contribution >= 0.6 is 0 Å². The second kappa shape index (κ2) is 12.7. The molecule has 0 aromatic heterocycles. The van der Waals surface area contributed by atoms with E-state index in [1.54, 1.807) is 35.8 Å². The number of amides is 2. The van der Waals surface area contributed by atoms with Crippen LogP contribution < -0.4 is 15.8 Å². The third-order valence-electron chi connectivity index (χ3n) is 7.70. The monoisotopic (exact) mass is 586 g/mol. The van der Waals surface area contributed by atoms with Crippen molar-refractivity contribution in [2.75, 3.05) is 26.2 Å². The van der Waals surface area contributed by atoms with E-state index in [4.69, 9.17) is 11.1 Å². The molecule has 1 heterocycles. The molecule has 1 unspecified atom stereocenters. The van der Waals surface area contributed by atoms with E-state index in [9.17, 15) is 23.1 Å². The molecule has 1 aliphatic carbocycles. The first kappa shape index (κ1) is 30.7. The van der Waals surface area contributed by atoms with E-state index in [-0.39, 0.29) is 35.8 Å². The number of nitrogens with two attached hydrogens (primary N) is 1. The average Bonchev–Trinajstić information content (AvgIpc) is 3.76. The van der Waals surface area contributed by atoms with Crippen LogP contribution in [0.4, 0.5) is 0 Å². The minimum Gasteiger partial charge on any atom is -0.390 e. The minimum absolute atomic E-state index is 0.000934. The number of sulfonamides is 1. The van der Waals surface area contributed by atoms with Crippen LogP contribution in [0.1, 0.15) is 52.4 Å². The van der Waals surface area contributed by atoms with Gasteiger partial charge in [0.25, 0.3) is 0 Å².